The maximum Gasteiger partial charge on any atom is 0.238 e. The van der Waals surface area contributed by atoms with Gasteiger partial charge in [0.2, 0.25) is 11.8 Å². The van der Waals surface area contributed by atoms with Gasteiger partial charge in [0.25, 0.3) is 0 Å². The summed E-state index contributed by atoms with van der Waals surface area (Å²) in [5, 5.41) is 0. The number of anilines is 1. The summed E-state index contributed by atoms with van der Waals surface area (Å²) in [5.74, 6) is -0.296. The number of fused-ring (bicyclic) bond motifs is 1. The second-order valence-corrected chi connectivity index (χ2v) is 5.91. The molecule has 0 unspecified atom stereocenters. The summed E-state index contributed by atoms with van der Waals surface area (Å²) in [5.41, 5.74) is 2.74. The van der Waals surface area contributed by atoms with Crippen LogP contribution in [0.4, 0.5) is 5.69 Å². The van der Waals surface area contributed by atoms with E-state index in [0.717, 1.165) is 16.8 Å². The Morgan fingerprint density at radius 2 is 1.75 bits per heavy atom. The fraction of sp³-hybridized carbons (Fsp3) is 0.412. The molecule has 0 N–H and O–H groups in total. The molecular weight excluding hydrogens is 250 g/mol. The molecule has 0 aromatic heterocycles. The van der Waals surface area contributed by atoms with Crippen LogP contribution >= 0.6 is 0 Å². The number of aryl methyl sites for hydroxylation is 2. The van der Waals surface area contributed by atoms with E-state index in [1.807, 2.05) is 45.0 Å². The van der Waals surface area contributed by atoms with Gasteiger partial charge in [-0.1, -0.05) is 37.3 Å². The topological polar surface area (TPSA) is 37.4 Å². The number of hydrogen-bond acceptors (Lipinski definition) is 2. The molecule has 0 bridgehead atoms. The number of carbonyl (C=O) groups excluding carboxylic acids is 2. The fourth-order valence-corrected chi connectivity index (χ4v) is 3.53. The smallest absolute Gasteiger partial charge is 0.238 e. The van der Waals surface area contributed by atoms with Crippen LogP contribution in [0.1, 0.15) is 24.5 Å². The zero-order chi connectivity index (χ0) is 14.4. The van der Waals surface area contributed by atoms with Crippen molar-refractivity contribution in [2.75, 3.05) is 4.90 Å². The first-order valence-electron chi connectivity index (χ1n) is 7.13. The van der Waals surface area contributed by atoms with Gasteiger partial charge in [-0.15, -0.1) is 0 Å². The van der Waals surface area contributed by atoms with Crippen LogP contribution in [0.2, 0.25) is 0 Å². The second-order valence-electron chi connectivity index (χ2n) is 5.91. The first-order valence-corrected chi connectivity index (χ1v) is 7.13. The highest BCUT2D eigenvalue weighted by Gasteiger charge is 2.50. The van der Waals surface area contributed by atoms with Crippen LogP contribution in [0.25, 0.3) is 0 Å². The van der Waals surface area contributed by atoms with Crippen LogP contribution in [0, 0.1) is 31.6 Å². The number of amides is 2. The van der Waals surface area contributed by atoms with Gasteiger partial charge in [-0.25, -0.2) is 4.90 Å². The van der Waals surface area contributed by atoms with E-state index < -0.39 is 0 Å². The summed E-state index contributed by atoms with van der Waals surface area (Å²) in [6, 6.07) is 5.86. The number of allylic oxidation sites excluding steroid dienone is 2. The zero-order valence-electron chi connectivity index (χ0n) is 12.1. The summed E-state index contributed by atoms with van der Waals surface area (Å²) < 4.78 is 0. The van der Waals surface area contributed by atoms with E-state index in [9.17, 15) is 9.59 Å². The van der Waals surface area contributed by atoms with Crippen molar-refractivity contribution in [3.05, 3.63) is 41.5 Å². The van der Waals surface area contributed by atoms with E-state index in [4.69, 9.17) is 0 Å². The largest absolute Gasteiger partial charge is 0.274 e. The first-order chi connectivity index (χ1) is 9.52. The number of hydrogen-bond donors (Lipinski definition) is 0. The van der Waals surface area contributed by atoms with Gasteiger partial charge in [-0.2, -0.15) is 0 Å². The summed E-state index contributed by atoms with van der Waals surface area (Å²) in [6.45, 7) is 5.92. The van der Waals surface area contributed by atoms with Crippen molar-refractivity contribution in [2.45, 2.75) is 27.2 Å². The Hall–Kier alpha value is -1.90. The summed E-state index contributed by atoms with van der Waals surface area (Å²) in [4.78, 5) is 26.8. The standard InChI is InChI=1S/C17H19NO2/c1-10-6-5-9-13-14(10)17(20)18(16(13)19)15-11(2)7-4-8-12(15)3/h4-8,10,13-14H,9H2,1-3H3/t10-,13-,14-/m1/s1. The lowest BCUT2D eigenvalue weighted by Gasteiger charge is -2.22. The average molecular weight is 269 g/mol. The Balaban J connectivity index is 2.08. The zero-order valence-corrected chi connectivity index (χ0v) is 12.1. The van der Waals surface area contributed by atoms with Gasteiger partial charge in [-0.3, -0.25) is 9.59 Å². The number of para-hydroxylation sites is 1. The highest BCUT2D eigenvalue weighted by Crippen LogP contribution is 2.41. The molecule has 1 aromatic rings. The third kappa shape index (κ3) is 1.73. The summed E-state index contributed by atoms with van der Waals surface area (Å²) in [7, 11) is 0. The predicted octanol–water partition coefficient (Wildman–Crippen LogP) is 3.01. The molecule has 20 heavy (non-hydrogen) atoms. The van der Waals surface area contributed by atoms with E-state index in [0.29, 0.717) is 6.42 Å². The maximum absolute atomic E-state index is 12.7. The highest BCUT2D eigenvalue weighted by molar-refractivity contribution is 6.23. The summed E-state index contributed by atoms with van der Waals surface area (Å²) in [6.07, 6.45) is 4.77. The quantitative estimate of drug-likeness (QED) is 0.580. The van der Waals surface area contributed by atoms with Crippen molar-refractivity contribution in [1.82, 2.24) is 0 Å². The van der Waals surface area contributed by atoms with Gasteiger partial charge in [0.05, 0.1) is 17.5 Å². The highest BCUT2D eigenvalue weighted by atomic mass is 16.2. The molecule has 1 aromatic carbocycles. The normalized spacial score (nSPS) is 28.9. The average Bonchev–Trinajstić information content (AvgIpc) is 2.65. The number of benzene rings is 1. The lowest BCUT2D eigenvalue weighted by atomic mass is 9.78. The van der Waals surface area contributed by atoms with E-state index in [-0.39, 0.29) is 29.6 Å². The Kier molecular flexibility index (Phi) is 3.00. The van der Waals surface area contributed by atoms with Gasteiger partial charge >= 0.3 is 0 Å². The molecular formula is C17H19NO2. The van der Waals surface area contributed by atoms with Gasteiger partial charge in [-0.05, 0) is 37.3 Å². The van der Waals surface area contributed by atoms with Crippen molar-refractivity contribution in [2.24, 2.45) is 17.8 Å². The minimum absolute atomic E-state index is 0.0331. The van der Waals surface area contributed by atoms with E-state index >= 15 is 0 Å². The van der Waals surface area contributed by atoms with Crippen molar-refractivity contribution in [3.8, 4) is 0 Å². The number of carbonyl (C=O) groups is 2. The molecule has 1 aliphatic carbocycles. The van der Waals surface area contributed by atoms with Crippen LogP contribution < -0.4 is 4.90 Å². The molecule has 0 spiro atoms. The molecule has 1 saturated heterocycles. The van der Waals surface area contributed by atoms with Crippen LogP contribution in [0.3, 0.4) is 0 Å². The molecule has 3 atom stereocenters. The minimum atomic E-state index is -0.188. The molecule has 1 aliphatic heterocycles. The Morgan fingerprint density at radius 3 is 2.35 bits per heavy atom. The third-order valence-electron chi connectivity index (χ3n) is 4.54. The summed E-state index contributed by atoms with van der Waals surface area (Å²) >= 11 is 0. The van der Waals surface area contributed by atoms with Crippen molar-refractivity contribution >= 4 is 17.5 Å². The van der Waals surface area contributed by atoms with Gasteiger partial charge in [0, 0.05) is 0 Å². The second kappa shape index (κ2) is 4.58. The van der Waals surface area contributed by atoms with Gasteiger partial charge in [0.1, 0.15) is 0 Å². The number of imide groups is 1. The number of nitrogens with zero attached hydrogens (tertiary/aromatic N) is 1. The minimum Gasteiger partial charge on any atom is -0.274 e. The first kappa shape index (κ1) is 13.1. The molecule has 0 radical (unpaired) electrons. The third-order valence-corrected chi connectivity index (χ3v) is 4.54. The molecule has 1 fully saturated rings. The van der Waals surface area contributed by atoms with E-state index in [2.05, 4.69) is 6.08 Å². The molecule has 3 rings (SSSR count). The molecule has 0 saturated carbocycles. The van der Waals surface area contributed by atoms with Crippen molar-refractivity contribution < 1.29 is 9.59 Å². The Morgan fingerprint density at radius 1 is 1.10 bits per heavy atom. The molecule has 2 amide bonds. The molecule has 3 heteroatoms. The lowest BCUT2D eigenvalue weighted by Crippen LogP contribution is -2.32. The van der Waals surface area contributed by atoms with Crippen LogP contribution in [0.15, 0.2) is 30.4 Å². The number of rotatable bonds is 1. The van der Waals surface area contributed by atoms with Crippen LogP contribution in [-0.2, 0) is 9.59 Å². The molecule has 2 aliphatic rings. The van der Waals surface area contributed by atoms with Gasteiger partial charge in [0.15, 0.2) is 0 Å². The van der Waals surface area contributed by atoms with E-state index in [1.54, 1.807) is 0 Å². The Bertz CT molecular complexity index is 597. The molecule has 3 nitrogen and oxygen atoms in total. The Labute approximate surface area is 119 Å². The van der Waals surface area contributed by atoms with Crippen molar-refractivity contribution in [3.63, 3.8) is 0 Å². The van der Waals surface area contributed by atoms with Gasteiger partial charge < -0.3 is 0 Å². The lowest BCUT2D eigenvalue weighted by molar-refractivity contribution is -0.122. The van der Waals surface area contributed by atoms with Crippen LogP contribution in [0.5, 0.6) is 0 Å². The monoisotopic (exact) mass is 269 g/mol. The molecule has 1 heterocycles. The van der Waals surface area contributed by atoms with E-state index in [1.165, 1.54) is 4.90 Å². The molecule has 104 valence electrons. The van der Waals surface area contributed by atoms with Crippen LogP contribution in [-0.4, -0.2) is 11.8 Å². The van der Waals surface area contributed by atoms with Crippen molar-refractivity contribution in [1.29, 1.82) is 0 Å². The predicted molar refractivity (Wildman–Crippen MR) is 78.3 cm³/mol. The fourth-order valence-electron chi connectivity index (χ4n) is 3.53. The SMILES string of the molecule is Cc1cccc(C)c1N1C(=O)[C@@H]2[C@H](C)C=CC[C@H]2C1=O. The maximum atomic E-state index is 12.7.